The smallest absolute Gasteiger partial charge is 0.243 e. The summed E-state index contributed by atoms with van der Waals surface area (Å²) in [5.74, 6) is 1.33. The molecular weight excluding hydrogens is 366 g/mol. The van der Waals surface area contributed by atoms with Crippen LogP contribution in [0.1, 0.15) is 32.3 Å². The van der Waals surface area contributed by atoms with Crippen molar-refractivity contribution >= 4 is 28.9 Å². The molecule has 2 aromatic rings. The minimum atomic E-state index is -0.146. The number of nitrogens with one attached hydrogen (secondary N) is 3. The van der Waals surface area contributed by atoms with Gasteiger partial charge >= 0.3 is 0 Å². The van der Waals surface area contributed by atoms with Crippen LogP contribution < -0.4 is 20.7 Å². The van der Waals surface area contributed by atoms with Crippen LogP contribution in [0.2, 0.25) is 0 Å². The summed E-state index contributed by atoms with van der Waals surface area (Å²) in [5.41, 5.74) is 3.24. The number of amides is 2. The van der Waals surface area contributed by atoms with Gasteiger partial charge in [0, 0.05) is 23.0 Å². The molecule has 3 rings (SSSR count). The number of benzene rings is 2. The molecule has 0 aliphatic heterocycles. The van der Waals surface area contributed by atoms with E-state index < -0.39 is 0 Å². The van der Waals surface area contributed by atoms with Gasteiger partial charge in [0.25, 0.3) is 0 Å². The Morgan fingerprint density at radius 2 is 1.72 bits per heavy atom. The molecule has 3 N–H and O–H groups in total. The van der Waals surface area contributed by atoms with Crippen molar-refractivity contribution in [3.8, 4) is 5.75 Å². The highest BCUT2D eigenvalue weighted by atomic mass is 16.5. The summed E-state index contributed by atoms with van der Waals surface area (Å²) in [6, 6.07) is 13.0. The Balaban J connectivity index is 1.50. The van der Waals surface area contributed by atoms with Gasteiger partial charge in [0.15, 0.2) is 0 Å². The predicted octanol–water partition coefficient (Wildman–Crippen LogP) is 4.43. The summed E-state index contributed by atoms with van der Waals surface area (Å²) in [5, 5.41) is 8.99. The van der Waals surface area contributed by atoms with E-state index >= 15 is 0 Å². The Morgan fingerprint density at radius 3 is 2.38 bits per heavy atom. The van der Waals surface area contributed by atoms with Crippen molar-refractivity contribution in [3.05, 3.63) is 48.0 Å². The van der Waals surface area contributed by atoms with Crippen molar-refractivity contribution in [2.75, 3.05) is 29.1 Å². The normalized spacial score (nSPS) is 13.1. The number of ether oxygens (including phenoxy) is 1. The SMILES string of the molecule is Cc1c(NCC(=O)Nc2ccc(OCC(C)C)cc2)cccc1NC(=O)C1CC1. The molecule has 0 bridgehead atoms. The van der Waals surface area contributed by atoms with Gasteiger partial charge in [-0.3, -0.25) is 9.59 Å². The first-order chi connectivity index (χ1) is 13.9. The maximum Gasteiger partial charge on any atom is 0.243 e. The maximum absolute atomic E-state index is 12.3. The highest BCUT2D eigenvalue weighted by molar-refractivity contribution is 5.96. The second-order valence-corrected chi connectivity index (χ2v) is 7.87. The first-order valence-corrected chi connectivity index (χ1v) is 10.1. The van der Waals surface area contributed by atoms with E-state index in [-0.39, 0.29) is 24.3 Å². The Labute approximate surface area is 172 Å². The molecule has 6 nitrogen and oxygen atoms in total. The van der Waals surface area contributed by atoms with Crippen molar-refractivity contribution < 1.29 is 14.3 Å². The van der Waals surface area contributed by atoms with Gasteiger partial charge in [-0.15, -0.1) is 0 Å². The van der Waals surface area contributed by atoms with Crippen LogP contribution in [0.4, 0.5) is 17.1 Å². The third kappa shape index (κ3) is 6.24. The minimum absolute atomic E-state index is 0.0730. The van der Waals surface area contributed by atoms with Crippen molar-refractivity contribution in [1.29, 1.82) is 0 Å². The molecule has 2 aromatic carbocycles. The predicted molar refractivity (Wildman–Crippen MR) is 116 cm³/mol. The van der Waals surface area contributed by atoms with Gasteiger partial charge in [0.05, 0.1) is 13.2 Å². The Bertz CT molecular complexity index is 858. The summed E-state index contributed by atoms with van der Waals surface area (Å²) in [6.07, 6.45) is 1.93. The first-order valence-electron chi connectivity index (χ1n) is 10.1. The molecule has 0 unspecified atom stereocenters. The lowest BCUT2D eigenvalue weighted by atomic mass is 10.1. The molecule has 1 aliphatic rings. The van der Waals surface area contributed by atoms with Crippen LogP contribution in [0.5, 0.6) is 5.75 Å². The monoisotopic (exact) mass is 395 g/mol. The molecule has 1 fully saturated rings. The Hall–Kier alpha value is -3.02. The van der Waals surface area contributed by atoms with E-state index in [0.717, 1.165) is 41.2 Å². The second-order valence-electron chi connectivity index (χ2n) is 7.87. The lowest BCUT2D eigenvalue weighted by Gasteiger charge is -2.14. The van der Waals surface area contributed by atoms with Crippen LogP contribution in [-0.4, -0.2) is 25.0 Å². The van der Waals surface area contributed by atoms with E-state index in [0.29, 0.717) is 12.5 Å². The fraction of sp³-hybridized carbons (Fsp3) is 0.391. The summed E-state index contributed by atoms with van der Waals surface area (Å²) < 4.78 is 5.65. The van der Waals surface area contributed by atoms with Crippen LogP contribution in [0.3, 0.4) is 0 Å². The molecule has 0 radical (unpaired) electrons. The largest absolute Gasteiger partial charge is 0.493 e. The van der Waals surface area contributed by atoms with Gasteiger partial charge < -0.3 is 20.7 Å². The molecule has 0 saturated heterocycles. The zero-order chi connectivity index (χ0) is 20.8. The molecule has 6 heteroatoms. The standard InChI is InChI=1S/C23H29N3O3/c1-15(2)14-29-19-11-9-18(10-12-19)25-22(27)13-24-20-5-4-6-21(16(20)3)26-23(28)17-7-8-17/h4-6,9-12,15,17,24H,7-8,13-14H2,1-3H3,(H,25,27)(H,26,28). The quantitative estimate of drug-likeness (QED) is 0.587. The number of anilines is 3. The number of carbonyl (C=O) groups excluding carboxylic acids is 2. The molecular formula is C23H29N3O3. The molecule has 0 atom stereocenters. The van der Waals surface area contributed by atoms with Crippen molar-refractivity contribution in [2.24, 2.45) is 11.8 Å². The molecule has 1 saturated carbocycles. The topological polar surface area (TPSA) is 79.5 Å². The molecule has 1 aliphatic carbocycles. The lowest BCUT2D eigenvalue weighted by molar-refractivity contribution is -0.117. The van der Waals surface area contributed by atoms with Gasteiger partial charge in [0.2, 0.25) is 11.8 Å². The first kappa shape index (κ1) is 20.7. The zero-order valence-corrected chi connectivity index (χ0v) is 17.2. The van der Waals surface area contributed by atoms with Crippen LogP contribution in [0.15, 0.2) is 42.5 Å². The fourth-order valence-corrected chi connectivity index (χ4v) is 2.82. The van der Waals surface area contributed by atoms with Gasteiger partial charge in [-0.2, -0.15) is 0 Å². The summed E-state index contributed by atoms with van der Waals surface area (Å²) in [6.45, 7) is 6.92. The van der Waals surface area contributed by atoms with E-state index in [2.05, 4.69) is 29.8 Å². The molecule has 154 valence electrons. The van der Waals surface area contributed by atoms with Crippen LogP contribution >= 0.6 is 0 Å². The number of rotatable bonds is 9. The Kier molecular flexibility index (Phi) is 6.75. The average molecular weight is 396 g/mol. The number of hydrogen-bond acceptors (Lipinski definition) is 4. The van der Waals surface area contributed by atoms with Crippen molar-refractivity contribution in [1.82, 2.24) is 0 Å². The summed E-state index contributed by atoms with van der Waals surface area (Å²) in [4.78, 5) is 24.3. The van der Waals surface area contributed by atoms with Gasteiger partial charge in [-0.1, -0.05) is 19.9 Å². The van der Waals surface area contributed by atoms with E-state index in [4.69, 9.17) is 4.74 Å². The zero-order valence-electron chi connectivity index (χ0n) is 17.2. The third-order valence-corrected chi connectivity index (χ3v) is 4.70. The minimum Gasteiger partial charge on any atom is -0.493 e. The van der Waals surface area contributed by atoms with Gasteiger partial charge in [0.1, 0.15) is 5.75 Å². The molecule has 29 heavy (non-hydrogen) atoms. The fourth-order valence-electron chi connectivity index (χ4n) is 2.82. The van der Waals surface area contributed by atoms with Crippen molar-refractivity contribution in [2.45, 2.75) is 33.6 Å². The van der Waals surface area contributed by atoms with Crippen LogP contribution in [0, 0.1) is 18.8 Å². The van der Waals surface area contributed by atoms with Gasteiger partial charge in [-0.05, 0) is 67.6 Å². The highest BCUT2D eigenvalue weighted by Crippen LogP contribution is 2.31. The van der Waals surface area contributed by atoms with E-state index in [1.807, 2.05) is 49.4 Å². The lowest BCUT2D eigenvalue weighted by Crippen LogP contribution is -2.22. The van der Waals surface area contributed by atoms with Crippen molar-refractivity contribution in [3.63, 3.8) is 0 Å². The summed E-state index contributed by atoms with van der Waals surface area (Å²) >= 11 is 0. The third-order valence-electron chi connectivity index (χ3n) is 4.70. The second kappa shape index (κ2) is 9.45. The molecule has 2 amide bonds. The van der Waals surface area contributed by atoms with Gasteiger partial charge in [-0.25, -0.2) is 0 Å². The number of carbonyl (C=O) groups is 2. The van der Waals surface area contributed by atoms with E-state index in [9.17, 15) is 9.59 Å². The Morgan fingerprint density at radius 1 is 1.03 bits per heavy atom. The molecule has 0 aromatic heterocycles. The summed E-state index contributed by atoms with van der Waals surface area (Å²) in [7, 11) is 0. The van der Waals surface area contributed by atoms with E-state index in [1.165, 1.54) is 0 Å². The highest BCUT2D eigenvalue weighted by Gasteiger charge is 2.29. The van der Waals surface area contributed by atoms with Crippen LogP contribution in [-0.2, 0) is 9.59 Å². The molecule has 0 spiro atoms. The average Bonchev–Trinajstić information content (AvgIpc) is 3.53. The maximum atomic E-state index is 12.3. The number of hydrogen-bond donors (Lipinski definition) is 3. The molecule has 0 heterocycles. The van der Waals surface area contributed by atoms with E-state index in [1.54, 1.807) is 0 Å². The van der Waals surface area contributed by atoms with Crippen LogP contribution in [0.25, 0.3) is 0 Å².